The van der Waals surface area contributed by atoms with Crippen LogP contribution in [-0.2, 0) is 4.79 Å². The number of aliphatic hydroxyl groups is 1. The number of carbonyl (C=O) groups is 1. The Hall–Kier alpha value is -0.870. The Balaban J connectivity index is 0. The normalized spacial score (nSPS) is 10.7. The number of hydrogen-bond acceptors (Lipinski definition) is 3. The lowest BCUT2D eigenvalue weighted by Crippen LogP contribution is -2.18. The second kappa shape index (κ2) is 8.13. The lowest BCUT2D eigenvalue weighted by molar-refractivity contribution is -0.131. The summed E-state index contributed by atoms with van der Waals surface area (Å²) in [5.41, 5.74) is 5.04. The molecule has 4 N–H and O–H groups in total. The fraction of sp³-hybridized carbons (Fsp3) is 0.500. The molecule has 4 heteroatoms. The van der Waals surface area contributed by atoms with Crippen molar-refractivity contribution < 1.29 is 15.0 Å². The first-order valence-corrected chi connectivity index (χ1v) is 2.76. The number of carboxylic acids is 1. The van der Waals surface area contributed by atoms with E-state index in [1.807, 2.05) is 0 Å². The molecule has 0 bridgehead atoms. The molecule has 0 aliphatic carbocycles. The molecule has 0 heterocycles. The van der Waals surface area contributed by atoms with Crippen molar-refractivity contribution in [3.8, 4) is 0 Å². The van der Waals surface area contributed by atoms with E-state index in [0.29, 0.717) is 0 Å². The molecule has 0 aliphatic heterocycles. The lowest BCUT2D eigenvalue weighted by atomic mass is 10.4. The maximum absolute atomic E-state index is 9.25. The highest BCUT2D eigenvalue weighted by Gasteiger charge is 1.81. The SMILES string of the molecule is C=CC(=O)O.CC(N)CO. The van der Waals surface area contributed by atoms with E-state index in [0.717, 1.165) is 6.08 Å². The van der Waals surface area contributed by atoms with Gasteiger partial charge in [0.1, 0.15) is 0 Å². The standard InChI is InChI=1S/C3H9NO.C3H4O2/c1-3(4)2-5;1-2-3(4)5/h3,5H,2,4H2,1H3;2H,1H2,(H,4,5). The average molecular weight is 147 g/mol. The maximum Gasteiger partial charge on any atom is 0.327 e. The fourth-order valence-electron chi connectivity index (χ4n) is 0. The van der Waals surface area contributed by atoms with Crippen LogP contribution in [0.3, 0.4) is 0 Å². The lowest BCUT2D eigenvalue weighted by Gasteiger charge is -1.91. The predicted molar refractivity (Wildman–Crippen MR) is 38.6 cm³/mol. The Kier molecular flexibility index (Phi) is 9.65. The quantitative estimate of drug-likeness (QED) is 0.463. The number of aliphatic hydroxyl groups excluding tert-OH is 1. The van der Waals surface area contributed by atoms with E-state index in [1.54, 1.807) is 6.92 Å². The van der Waals surface area contributed by atoms with Crippen LogP contribution in [0.4, 0.5) is 0 Å². The molecule has 60 valence electrons. The molecule has 10 heavy (non-hydrogen) atoms. The average Bonchev–Trinajstić information content (AvgIpc) is 1.89. The highest BCUT2D eigenvalue weighted by Crippen LogP contribution is 1.62. The van der Waals surface area contributed by atoms with Gasteiger partial charge in [-0.05, 0) is 6.92 Å². The van der Waals surface area contributed by atoms with Crippen LogP contribution in [0.2, 0.25) is 0 Å². The Morgan fingerprint density at radius 2 is 2.10 bits per heavy atom. The fourth-order valence-corrected chi connectivity index (χ4v) is 0. The molecule has 0 rings (SSSR count). The van der Waals surface area contributed by atoms with E-state index in [9.17, 15) is 4.79 Å². The molecule has 0 aromatic heterocycles. The van der Waals surface area contributed by atoms with Crippen molar-refractivity contribution in [2.45, 2.75) is 13.0 Å². The Bertz CT molecular complexity index is 101. The summed E-state index contributed by atoms with van der Waals surface area (Å²) >= 11 is 0. The van der Waals surface area contributed by atoms with Crippen LogP contribution in [0, 0.1) is 0 Å². The minimum atomic E-state index is -0.981. The number of rotatable bonds is 2. The first kappa shape index (κ1) is 11.9. The molecule has 0 aliphatic rings. The summed E-state index contributed by atoms with van der Waals surface area (Å²) in [6, 6.07) is -0.0602. The van der Waals surface area contributed by atoms with Gasteiger partial charge in [-0.3, -0.25) is 0 Å². The maximum atomic E-state index is 9.25. The molecule has 1 atom stereocenters. The summed E-state index contributed by atoms with van der Waals surface area (Å²) in [5, 5.41) is 15.6. The van der Waals surface area contributed by atoms with Crippen LogP contribution in [0.25, 0.3) is 0 Å². The molecule has 0 radical (unpaired) electrons. The van der Waals surface area contributed by atoms with E-state index in [4.69, 9.17) is 15.9 Å². The van der Waals surface area contributed by atoms with E-state index in [-0.39, 0.29) is 12.6 Å². The molecular formula is C6H13NO3. The largest absolute Gasteiger partial charge is 0.478 e. The third-order valence-electron chi connectivity index (χ3n) is 0.463. The molecule has 0 fully saturated rings. The smallest absolute Gasteiger partial charge is 0.327 e. The molecule has 0 aromatic rings. The van der Waals surface area contributed by atoms with Crippen molar-refractivity contribution in [2.24, 2.45) is 5.73 Å². The van der Waals surface area contributed by atoms with Gasteiger partial charge in [-0.2, -0.15) is 0 Å². The summed E-state index contributed by atoms with van der Waals surface area (Å²) in [7, 11) is 0. The van der Waals surface area contributed by atoms with E-state index < -0.39 is 5.97 Å². The highest BCUT2D eigenvalue weighted by atomic mass is 16.4. The van der Waals surface area contributed by atoms with Crippen molar-refractivity contribution in [2.75, 3.05) is 6.61 Å². The molecule has 4 nitrogen and oxygen atoms in total. The first-order chi connectivity index (χ1) is 4.54. The summed E-state index contributed by atoms with van der Waals surface area (Å²) in [4.78, 5) is 9.25. The third-order valence-corrected chi connectivity index (χ3v) is 0.463. The minimum Gasteiger partial charge on any atom is -0.478 e. The Labute approximate surface area is 60.0 Å². The number of hydrogen-bond donors (Lipinski definition) is 3. The van der Waals surface area contributed by atoms with Gasteiger partial charge in [-0.25, -0.2) is 4.79 Å². The van der Waals surface area contributed by atoms with Gasteiger partial charge in [-0.15, -0.1) is 0 Å². The third kappa shape index (κ3) is 27.3. The van der Waals surface area contributed by atoms with Gasteiger partial charge in [0, 0.05) is 12.1 Å². The van der Waals surface area contributed by atoms with Gasteiger partial charge in [0.05, 0.1) is 6.61 Å². The number of aliphatic carboxylic acids is 1. The first-order valence-electron chi connectivity index (χ1n) is 2.76. The van der Waals surface area contributed by atoms with Gasteiger partial charge >= 0.3 is 5.97 Å². The number of carboxylic acid groups (broad SMARTS) is 1. The second-order valence-electron chi connectivity index (χ2n) is 1.70. The van der Waals surface area contributed by atoms with E-state index in [2.05, 4.69) is 6.58 Å². The van der Waals surface area contributed by atoms with E-state index in [1.165, 1.54) is 0 Å². The molecule has 0 saturated carbocycles. The van der Waals surface area contributed by atoms with Gasteiger partial charge in [-0.1, -0.05) is 6.58 Å². The zero-order valence-corrected chi connectivity index (χ0v) is 5.95. The minimum absolute atomic E-state index is 0.0602. The van der Waals surface area contributed by atoms with Gasteiger partial charge < -0.3 is 15.9 Å². The summed E-state index contributed by atoms with van der Waals surface area (Å²) in [6.45, 7) is 4.79. The summed E-state index contributed by atoms with van der Waals surface area (Å²) in [5.74, 6) is -0.981. The van der Waals surface area contributed by atoms with Gasteiger partial charge in [0.25, 0.3) is 0 Å². The van der Waals surface area contributed by atoms with Crippen LogP contribution in [-0.4, -0.2) is 28.8 Å². The van der Waals surface area contributed by atoms with Gasteiger partial charge in [0.2, 0.25) is 0 Å². The molecule has 0 amide bonds. The summed E-state index contributed by atoms with van der Waals surface area (Å²) < 4.78 is 0. The second-order valence-corrected chi connectivity index (χ2v) is 1.70. The molecule has 0 spiro atoms. The molecule has 1 unspecified atom stereocenters. The molecule has 0 saturated heterocycles. The van der Waals surface area contributed by atoms with Crippen molar-refractivity contribution >= 4 is 5.97 Å². The highest BCUT2D eigenvalue weighted by molar-refractivity contribution is 5.78. The van der Waals surface area contributed by atoms with Crippen LogP contribution >= 0.6 is 0 Å². The summed E-state index contributed by atoms with van der Waals surface area (Å²) in [6.07, 6.45) is 0.833. The van der Waals surface area contributed by atoms with Crippen LogP contribution in [0.15, 0.2) is 12.7 Å². The Morgan fingerprint density at radius 3 is 2.10 bits per heavy atom. The Morgan fingerprint density at radius 1 is 1.90 bits per heavy atom. The number of nitrogens with two attached hydrogens (primary N) is 1. The monoisotopic (exact) mass is 147 g/mol. The van der Waals surface area contributed by atoms with Crippen molar-refractivity contribution in [1.29, 1.82) is 0 Å². The molecular weight excluding hydrogens is 134 g/mol. The zero-order chi connectivity index (χ0) is 8.57. The van der Waals surface area contributed by atoms with Crippen molar-refractivity contribution in [1.82, 2.24) is 0 Å². The topological polar surface area (TPSA) is 83.5 Å². The van der Waals surface area contributed by atoms with Crippen LogP contribution in [0.1, 0.15) is 6.92 Å². The predicted octanol–water partition coefficient (Wildman–Crippen LogP) is -0.417. The van der Waals surface area contributed by atoms with Crippen LogP contribution < -0.4 is 5.73 Å². The van der Waals surface area contributed by atoms with Crippen molar-refractivity contribution in [3.05, 3.63) is 12.7 Å². The van der Waals surface area contributed by atoms with Crippen molar-refractivity contribution in [3.63, 3.8) is 0 Å². The molecule has 0 aromatic carbocycles. The van der Waals surface area contributed by atoms with Gasteiger partial charge in [0.15, 0.2) is 0 Å². The zero-order valence-electron chi connectivity index (χ0n) is 5.95. The van der Waals surface area contributed by atoms with E-state index >= 15 is 0 Å². The van der Waals surface area contributed by atoms with Crippen LogP contribution in [0.5, 0.6) is 0 Å².